The zero-order valence-corrected chi connectivity index (χ0v) is 15.9. The van der Waals surface area contributed by atoms with Crippen molar-refractivity contribution in [2.45, 2.75) is 12.8 Å². The maximum absolute atomic E-state index is 13.0. The summed E-state index contributed by atoms with van der Waals surface area (Å²) in [4.78, 5) is 18.3. The molecule has 0 bridgehead atoms. The second-order valence-corrected chi connectivity index (χ2v) is 7.18. The van der Waals surface area contributed by atoms with Gasteiger partial charge in [-0.25, -0.2) is 9.18 Å². The third-order valence-corrected chi connectivity index (χ3v) is 4.96. The summed E-state index contributed by atoms with van der Waals surface area (Å²) in [5, 5.41) is 2.89. The highest BCUT2D eigenvalue weighted by atomic mass is 19.1. The van der Waals surface area contributed by atoms with E-state index in [0.717, 1.165) is 37.2 Å². The van der Waals surface area contributed by atoms with Crippen molar-refractivity contribution in [3.8, 4) is 11.5 Å². The van der Waals surface area contributed by atoms with Crippen molar-refractivity contribution in [3.05, 3.63) is 84.4 Å². The summed E-state index contributed by atoms with van der Waals surface area (Å²) >= 11 is 0. The van der Waals surface area contributed by atoms with Gasteiger partial charge in [0.25, 0.3) is 0 Å². The van der Waals surface area contributed by atoms with Crippen LogP contribution in [0.15, 0.2) is 73.1 Å². The molecule has 148 valence electrons. The fourth-order valence-corrected chi connectivity index (χ4v) is 3.53. The number of halogens is 1. The molecule has 1 atom stereocenters. The molecule has 1 aliphatic rings. The van der Waals surface area contributed by atoms with Crippen LogP contribution in [0, 0.1) is 11.7 Å². The number of urea groups is 1. The lowest BCUT2D eigenvalue weighted by molar-refractivity contribution is 0.221. The van der Waals surface area contributed by atoms with Gasteiger partial charge in [-0.15, -0.1) is 0 Å². The summed E-state index contributed by atoms with van der Waals surface area (Å²) in [6.07, 6.45) is 5.15. The van der Waals surface area contributed by atoms with E-state index < -0.39 is 0 Å². The first-order chi connectivity index (χ1) is 14.2. The molecule has 1 N–H and O–H groups in total. The van der Waals surface area contributed by atoms with Crippen LogP contribution in [0.4, 0.5) is 14.9 Å². The zero-order chi connectivity index (χ0) is 20.1. The Morgan fingerprint density at radius 2 is 2.00 bits per heavy atom. The molecule has 29 heavy (non-hydrogen) atoms. The summed E-state index contributed by atoms with van der Waals surface area (Å²) in [6, 6.07) is 17.4. The second kappa shape index (κ2) is 8.73. The monoisotopic (exact) mass is 391 g/mol. The number of carbonyl (C=O) groups is 1. The van der Waals surface area contributed by atoms with Crippen LogP contribution in [0.25, 0.3) is 0 Å². The molecule has 1 unspecified atom stereocenters. The number of aromatic nitrogens is 1. The summed E-state index contributed by atoms with van der Waals surface area (Å²) in [5.74, 6) is 1.43. The molecule has 1 fully saturated rings. The Balaban J connectivity index is 1.33. The molecule has 0 spiro atoms. The minimum Gasteiger partial charge on any atom is -0.457 e. The lowest BCUT2D eigenvalue weighted by Gasteiger charge is -2.17. The van der Waals surface area contributed by atoms with Crippen LogP contribution in [0.5, 0.6) is 11.5 Å². The lowest BCUT2D eigenvalue weighted by atomic mass is 9.98. The quantitative estimate of drug-likeness (QED) is 0.658. The maximum atomic E-state index is 13.0. The van der Waals surface area contributed by atoms with Crippen LogP contribution in [0.3, 0.4) is 0 Å². The average Bonchev–Trinajstić information content (AvgIpc) is 3.19. The van der Waals surface area contributed by atoms with Crippen molar-refractivity contribution in [3.63, 3.8) is 0 Å². The van der Waals surface area contributed by atoms with Gasteiger partial charge < -0.3 is 15.0 Å². The number of amides is 2. The Kier molecular flexibility index (Phi) is 5.70. The molecular formula is C23H22FN3O2. The molecular weight excluding hydrogens is 369 g/mol. The molecule has 2 amide bonds. The van der Waals surface area contributed by atoms with Gasteiger partial charge in [0.15, 0.2) is 0 Å². The predicted molar refractivity (Wildman–Crippen MR) is 110 cm³/mol. The highest BCUT2D eigenvalue weighted by molar-refractivity contribution is 5.89. The molecule has 0 radical (unpaired) electrons. The molecule has 0 aliphatic carbocycles. The lowest BCUT2D eigenvalue weighted by Crippen LogP contribution is -2.33. The van der Waals surface area contributed by atoms with Gasteiger partial charge in [0.2, 0.25) is 0 Å². The number of hydrogen-bond donors (Lipinski definition) is 1. The largest absolute Gasteiger partial charge is 0.457 e. The van der Waals surface area contributed by atoms with E-state index in [1.165, 1.54) is 12.1 Å². The van der Waals surface area contributed by atoms with Crippen LogP contribution >= 0.6 is 0 Å². The van der Waals surface area contributed by atoms with Crippen molar-refractivity contribution in [2.75, 3.05) is 18.4 Å². The van der Waals surface area contributed by atoms with Gasteiger partial charge in [0.05, 0.1) is 11.9 Å². The van der Waals surface area contributed by atoms with Gasteiger partial charge in [0, 0.05) is 19.3 Å². The first-order valence-electron chi connectivity index (χ1n) is 9.64. The van der Waals surface area contributed by atoms with Crippen LogP contribution in [-0.2, 0) is 6.42 Å². The van der Waals surface area contributed by atoms with Crippen LogP contribution < -0.4 is 10.1 Å². The van der Waals surface area contributed by atoms with E-state index in [1.807, 2.05) is 29.2 Å². The van der Waals surface area contributed by atoms with Gasteiger partial charge in [0.1, 0.15) is 17.3 Å². The predicted octanol–water partition coefficient (Wildman–Crippen LogP) is 5.11. The number of nitrogens with zero attached hydrogens (tertiary/aromatic N) is 2. The van der Waals surface area contributed by atoms with Gasteiger partial charge in [-0.1, -0.05) is 12.1 Å². The van der Waals surface area contributed by atoms with E-state index in [0.29, 0.717) is 17.4 Å². The minimum atomic E-state index is -0.288. The minimum absolute atomic E-state index is 0.0890. The van der Waals surface area contributed by atoms with Crippen LogP contribution in [0.2, 0.25) is 0 Å². The molecule has 4 rings (SSSR count). The number of benzene rings is 2. The molecule has 2 aromatic carbocycles. The van der Waals surface area contributed by atoms with Gasteiger partial charge in [-0.3, -0.25) is 4.98 Å². The van der Waals surface area contributed by atoms with Crippen LogP contribution in [-0.4, -0.2) is 29.0 Å². The number of hydrogen-bond acceptors (Lipinski definition) is 3. The number of pyridine rings is 1. The van der Waals surface area contributed by atoms with Gasteiger partial charge in [-0.2, -0.15) is 0 Å². The number of nitrogens with one attached hydrogen (secondary N) is 1. The van der Waals surface area contributed by atoms with Crippen molar-refractivity contribution in [2.24, 2.45) is 5.92 Å². The van der Waals surface area contributed by atoms with E-state index in [-0.39, 0.29) is 11.8 Å². The van der Waals surface area contributed by atoms with Crippen molar-refractivity contribution in [1.82, 2.24) is 9.88 Å². The molecule has 0 saturated carbocycles. The Hall–Kier alpha value is -3.41. The summed E-state index contributed by atoms with van der Waals surface area (Å²) in [6.45, 7) is 1.46. The fraction of sp³-hybridized carbons (Fsp3) is 0.217. The van der Waals surface area contributed by atoms with E-state index in [1.54, 1.807) is 30.6 Å². The first kappa shape index (κ1) is 18.9. The summed E-state index contributed by atoms with van der Waals surface area (Å²) in [5.41, 5.74) is 1.86. The number of ether oxygens (including phenoxy) is 1. The smallest absolute Gasteiger partial charge is 0.321 e. The molecule has 1 aliphatic heterocycles. The van der Waals surface area contributed by atoms with Crippen molar-refractivity contribution < 1.29 is 13.9 Å². The SMILES string of the molecule is O=C(Nc1cccnc1)N1CCC(Cc2cccc(Oc3ccc(F)cc3)c2)C1. The first-order valence-corrected chi connectivity index (χ1v) is 9.64. The summed E-state index contributed by atoms with van der Waals surface area (Å²) < 4.78 is 18.9. The van der Waals surface area contributed by atoms with E-state index in [2.05, 4.69) is 16.4 Å². The molecule has 3 aromatic rings. The third-order valence-electron chi connectivity index (χ3n) is 4.96. The standard InChI is InChI=1S/C23H22FN3O2/c24-19-6-8-21(9-7-19)29-22-5-1-3-17(14-22)13-18-10-12-27(16-18)23(28)26-20-4-2-11-25-15-20/h1-9,11,14-15,18H,10,12-13,16H2,(H,26,28). The van der Waals surface area contributed by atoms with Gasteiger partial charge in [-0.05, 0) is 72.9 Å². The molecule has 5 nitrogen and oxygen atoms in total. The highest BCUT2D eigenvalue weighted by Crippen LogP contribution is 2.26. The highest BCUT2D eigenvalue weighted by Gasteiger charge is 2.26. The zero-order valence-electron chi connectivity index (χ0n) is 15.9. The Bertz CT molecular complexity index is 963. The molecule has 6 heteroatoms. The summed E-state index contributed by atoms with van der Waals surface area (Å²) in [7, 11) is 0. The van der Waals surface area contributed by atoms with Gasteiger partial charge >= 0.3 is 6.03 Å². The number of carbonyl (C=O) groups excluding carboxylic acids is 1. The van der Waals surface area contributed by atoms with Crippen LogP contribution in [0.1, 0.15) is 12.0 Å². The fourth-order valence-electron chi connectivity index (χ4n) is 3.53. The second-order valence-electron chi connectivity index (χ2n) is 7.18. The number of likely N-dealkylation sites (tertiary alicyclic amines) is 1. The topological polar surface area (TPSA) is 54.5 Å². The molecule has 1 aromatic heterocycles. The number of anilines is 1. The number of rotatable bonds is 5. The Morgan fingerprint density at radius 1 is 1.14 bits per heavy atom. The van der Waals surface area contributed by atoms with Crippen molar-refractivity contribution in [1.29, 1.82) is 0 Å². The average molecular weight is 391 g/mol. The van der Waals surface area contributed by atoms with E-state index >= 15 is 0 Å². The maximum Gasteiger partial charge on any atom is 0.321 e. The van der Waals surface area contributed by atoms with E-state index in [9.17, 15) is 9.18 Å². The Morgan fingerprint density at radius 3 is 2.79 bits per heavy atom. The molecule has 1 saturated heterocycles. The van der Waals surface area contributed by atoms with Crippen molar-refractivity contribution >= 4 is 11.7 Å². The Labute approximate surface area is 169 Å². The molecule has 2 heterocycles. The third kappa shape index (κ3) is 5.10. The van der Waals surface area contributed by atoms with E-state index in [4.69, 9.17) is 4.74 Å². The normalized spacial score (nSPS) is 15.9.